The number of benzene rings is 2. The van der Waals surface area contributed by atoms with Crippen LogP contribution in [0.5, 0.6) is 5.75 Å². The molecule has 1 heterocycles. The number of aryl methyl sites for hydroxylation is 3. The Morgan fingerprint density at radius 1 is 1.04 bits per heavy atom. The van der Waals surface area contributed by atoms with Gasteiger partial charge in [0, 0.05) is 23.0 Å². The molecule has 0 aliphatic rings. The van der Waals surface area contributed by atoms with Gasteiger partial charge in [0.2, 0.25) is 5.95 Å². The molecular weight excluding hydrogens is 376 g/mol. The highest BCUT2D eigenvalue weighted by atomic mass is 35.5. The Morgan fingerprint density at radius 3 is 2.54 bits per heavy atom. The van der Waals surface area contributed by atoms with Crippen molar-refractivity contribution in [2.75, 3.05) is 17.7 Å². The highest BCUT2D eigenvalue weighted by Gasteiger charge is 2.12. The zero-order valence-corrected chi connectivity index (χ0v) is 16.9. The van der Waals surface area contributed by atoms with Crippen molar-refractivity contribution in [3.63, 3.8) is 0 Å². The third-order valence-corrected chi connectivity index (χ3v) is 4.79. The molecule has 2 aromatic carbocycles. The summed E-state index contributed by atoms with van der Waals surface area (Å²) in [4.78, 5) is 21.1. The quantitative estimate of drug-likeness (QED) is 0.630. The van der Waals surface area contributed by atoms with Crippen LogP contribution >= 0.6 is 11.6 Å². The molecule has 0 bridgehead atoms. The Morgan fingerprint density at radius 2 is 1.82 bits per heavy atom. The highest BCUT2D eigenvalue weighted by molar-refractivity contribution is 6.31. The Balaban J connectivity index is 1.81. The zero-order chi connectivity index (χ0) is 20.3. The summed E-state index contributed by atoms with van der Waals surface area (Å²) in [5.74, 6) is 0.532. The molecule has 3 aromatic rings. The maximum absolute atomic E-state index is 12.6. The largest absolute Gasteiger partial charge is 0.495 e. The Hall–Kier alpha value is -3.12. The monoisotopic (exact) mass is 396 g/mol. The van der Waals surface area contributed by atoms with Crippen LogP contribution in [0.3, 0.4) is 0 Å². The standard InChI is InChI=1S/C21H21ClN4O2/c1-12-5-6-15(9-13(12)2)24-20(27)17-7-8-23-21(25-17)26-18-10-14(3)16(22)11-19(18)28-4/h5-11H,1-4H3,(H,24,27)(H,23,25,26). The van der Waals surface area contributed by atoms with Crippen LogP contribution in [0.2, 0.25) is 5.02 Å². The normalized spacial score (nSPS) is 10.5. The molecule has 0 spiro atoms. The van der Waals surface area contributed by atoms with E-state index < -0.39 is 0 Å². The van der Waals surface area contributed by atoms with Gasteiger partial charge in [-0.15, -0.1) is 0 Å². The van der Waals surface area contributed by atoms with Gasteiger partial charge in [0.25, 0.3) is 5.91 Å². The molecule has 0 aliphatic heterocycles. The summed E-state index contributed by atoms with van der Waals surface area (Å²) in [5.41, 5.74) is 4.79. The van der Waals surface area contributed by atoms with Crippen molar-refractivity contribution in [3.05, 3.63) is 70.0 Å². The molecular formula is C21H21ClN4O2. The van der Waals surface area contributed by atoms with Crippen LogP contribution in [0, 0.1) is 20.8 Å². The fraction of sp³-hybridized carbons (Fsp3) is 0.190. The van der Waals surface area contributed by atoms with Crippen LogP contribution in [0.15, 0.2) is 42.6 Å². The fourth-order valence-electron chi connectivity index (χ4n) is 2.61. The third-order valence-electron chi connectivity index (χ3n) is 4.38. The van der Waals surface area contributed by atoms with Gasteiger partial charge in [-0.1, -0.05) is 17.7 Å². The number of ether oxygens (including phenoxy) is 1. The maximum atomic E-state index is 12.6. The van der Waals surface area contributed by atoms with E-state index >= 15 is 0 Å². The smallest absolute Gasteiger partial charge is 0.274 e. The van der Waals surface area contributed by atoms with Gasteiger partial charge in [0.1, 0.15) is 11.4 Å². The first kappa shape index (κ1) is 19.6. The van der Waals surface area contributed by atoms with E-state index in [1.807, 2.05) is 45.0 Å². The lowest BCUT2D eigenvalue weighted by Crippen LogP contribution is -2.15. The topological polar surface area (TPSA) is 76.1 Å². The van der Waals surface area contributed by atoms with Gasteiger partial charge in [-0.25, -0.2) is 9.97 Å². The van der Waals surface area contributed by atoms with E-state index in [1.54, 1.807) is 19.2 Å². The molecule has 0 saturated heterocycles. The number of nitrogens with one attached hydrogen (secondary N) is 2. The number of rotatable bonds is 5. The summed E-state index contributed by atoms with van der Waals surface area (Å²) in [5, 5.41) is 6.54. The second-order valence-corrected chi connectivity index (χ2v) is 6.85. The van der Waals surface area contributed by atoms with E-state index in [9.17, 15) is 4.79 Å². The fourth-order valence-corrected chi connectivity index (χ4v) is 2.76. The van der Waals surface area contributed by atoms with Crippen LogP contribution in [0.4, 0.5) is 17.3 Å². The van der Waals surface area contributed by atoms with Crippen molar-refractivity contribution in [1.82, 2.24) is 9.97 Å². The molecule has 0 fully saturated rings. The molecule has 0 atom stereocenters. The summed E-state index contributed by atoms with van der Waals surface area (Å²) in [6.45, 7) is 5.91. The summed E-state index contributed by atoms with van der Waals surface area (Å²) in [7, 11) is 1.56. The van der Waals surface area contributed by atoms with Crippen LogP contribution in [0.1, 0.15) is 27.2 Å². The summed E-state index contributed by atoms with van der Waals surface area (Å²) >= 11 is 6.14. The predicted molar refractivity (Wildman–Crippen MR) is 112 cm³/mol. The summed E-state index contributed by atoms with van der Waals surface area (Å²) < 4.78 is 5.35. The van der Waals surface area contributed by atoms with Crippen molar-refractivity contribution >= 4 is 34.8 Å². The van der Waals surface area contributed by atoms with Gasteiger partial charge in [0.15, 0.2) is 0 Å². The molecule has 7 heteroatoms. The van der Waals surface area contributed by atoms with E-state index in [0.717, 1.165) is 16.8 Å². The lowest BCUT2D eigenvalue weighted by atomic mass is 10.1. The van der Waals surface area contributed by atoms with Crippen molar-refractivity contribution in [2.24, 2.45) is 0 Å². The van der Waals surface area contributed by atoms with Gasteiger partial charge in [0.05, 0.1) is 12.8 Å². The first-order valence-electron chi connectivity index (χ1n) is 8.70. The molecule has 6 nitrogen and oxygen atoms in total. The Labute approximate surface area is 168 Å². The number of halogens is 1. The van der Waals surface area contributed by atoms with E-state index in [4.69, 9.17) is 16.3 Å². The summed E-state index contributed by atoms with van der Waals surface area (Å²) in [6, 6.07) is 10.9. The predicted octanol–water partition coefficient (Wildman–Crippen LogP) is 5.06. The van der Waals surface area contributed by atoms with E-state index in [2.05, 4.69) is 20.6 Å². The average molecular weight is 397 g/mol. The van der Waals surface area contributed by atoms with Crippen LogP contribution in [0.25, 0.3) is 0 Å². The molecule has 1 amide bonds. The van der Waals surface area contributed by atoms with Gasteiger partial charge in [-0.3, -0.25) is 4.79 Å². The zero-order valence-electron chi connectivity index (χ0n) is 16.1. The first-order valence-corrected chi connectivity index (χ1v) is 9.08. The lowest BCUT2D eigenvalue weighted by Gasteiger charge is -2.12. The Kier molecular flexibility index (Phi) is 5.80. The molecule has 28 heavy (non-hydrogen) atoms. The third kappa shape index (κ3) is 4.40. The van der Waals surface area contributed by atoms with E-state index in [0.29, 0.717) is 16.5 Å². The molecule has 0 saturated carbocycles. The molecule has 1 aromatic heterocycles. The van der Waals surface area contributed by atoms with Gasteiger partial charge in [-0.2, -0.15) is 0 Å². The average Bonchev–Trinajstić information content (AvgIpc) is 2.67. The van der Waals surface area contributed by atoms with Crippen molar-refractivity contribution < 1.29 is 9.53 Å². The van der Waals surface area contributed by atoms with E-state index in [-0.39, 0.29) is 17.5 Å². The highest BCUT2D eigenvalue weighted by Crippen LogP contribution is 2.32. The number of methoxy groups -OCH3 is 1. The number of carbonyl (C=O) groups is 1. The maximum Gasteiger partial charge on any atom is 0.274 e. The number of amides is 1. The number of hydrogen-bond donors (Lipinski definition) is 2. The first-order chi connectivity index (χ1) is 13.4. The second-order valence-electron chi connectivity index (χ2n) is 6.45. The lowest BCUT2D eigenvalue weighted by molar-refractivity contribution is 0.102. The van der Waals surface area contributed by atoms with Crippen LogP contribution < -0.4 is 15.4 Å². The molecule has 0 unspecified atom stereocenters. The van der Waals surface area contributed by atoms with Gasteiger partial charge in [-0.05, 0) is 61.7 Å². The van der Waals surface area contributed by atoms with Gasteiger partial charge >= 0.3 is 0 Å². The minimum atomic E-state index is -0.312. The van der Waals surface area contributed by atoms with Crippen molar-refractivity contribution in [3.8, 4) is 5.75 Å². The number of carbonyl (C=O) groups excluding carboxylic acids is 1. The van der Waals surface area contributed by atoms with Crippen molar-refractivity contribution in [1.29, 1.82) is 0 Å². The number of hydrogen-bond acceptors (Lipinski definition) is 5. The number of aromatic nitrogens is 2. The number of anilines is 3. The summed E-state index contributed by atoms with van der Waals surface area (Å²) in [6.07, 6.45) is 1.53. The SMILES string of the molecule is COc1cc(Cl)c(C)cc1Nc1nccc(C(=O)Nc2ccc(C)c(C)c2)n1. The molecule has 144 valence electrons. The Bertz CT molecular complexity index is 1040. The molecule has 0 aliphatic carbocycles. The molecule has 2 N–H and O–H groups in total. The second kappa shape index (κ2) is 8.27. The van der Waals surface area contributed by atoms with Crippen molar-refractivity contribution in [2.45, 2.75) is 20.8 Å². The van der Waals surface area contributed by atoms with Crippen LogP contribution in [-0.4, -0.2) is 23.0 Å². The van der Waals surface area contributed by atoms with Crippen LogP contribution in [-0.2, 0) is 0 Å². The minimum Gasteiger partial charge on any atom is -0.495 e. The van der Waals surface area contributed by atoms with Gasteiger partial charge < -0.3 is 15.4 Å². The van der Waals surface area contributed by atoms with E-state index in [1.165, 1.54) is 11.8 Å². The minimum absolute atomic E-state index is 0.250. The molecule has 3 rings (SSSR count). The number of nitrogens with zero attached hydrogens (tertiary/aromatic N) is 2. The molecule has 0 radical (unpaired) electrons.